The standard InChI is InChI=1S/C31H26Cl2N4O4S/c32-25-9-4-22(5-10-25)29-30(23-6-11-26(33)12-7-23)37(42(39,40)27-3-1-2-21(18-27)19-34)28-13-8-24(31(38)36(28)29)20-35-14-16-41-17-15-35/h1-13,18,29-30H,14-17,20H2. The molecule has 2 aliphatic heterocycles. The molecule has 0 spiro atoms. The Kier molecular flexibility index (Phi) is 7.83. The number of sulfonamides is 1. The lowest BCUT2D eigenvalue weighted by Gasteiger charge is -2.29. The molecule has 8 nitrogen and oxygen atoms in total. The van der Waals surface area contributed by atoms with Gasteiger partial charge in [0, 0.05) is 35.2 Å². The zero-order valence-electron chi connectivity index (χ0n) is 22.4. The van der Waals surface area contributed by atoms with Crippen molar-refractivity contribution in [1.29, 1.82) is 5.26 Å². The number of anilines is 1. The van der Waals surface area contributed by atoms with Crippen LogP contribution in [0, 0.1) is 11.3 Å². The minimum Gasteiger partial charge on any atom is -0.379 e. The first-order chi connectivity index (χ1) is 20.3. The van der Waals surface area contributed by atoms with Crippen LogP contribution in [0.4, 0.5) is 5.82 Å². The number of nitrogens with zero attached hydrogens (tertiary/aromatic N) is 4. The Morgan fingerprint density at radius 3 is 2.10 bits per heavy atom. The highest BCUT2D eigenvalue weighted by Gasteiger charge is 2.47. The van der Waals surface area contributed by atoms with Crippen LogP contribution in [-0.4, -0.2) is 44.2 Å². The van der Waals surface area contributed by atoms with Crippen molar-refractivity contribution in [3.63, 3.8) is 0 Å². The Balaban J connectivity index is 1.60. The molecule has 0 aliphatic carbocycles. The molecule has 3 heterocycles. The number of benzene rings is 3. The number of aromatic nitrogens is 1. The second kappa shape index (κ2) is 11.6. The van der Waals surface area contributed by atoms with Gasteiger partial charge in [0.25, 0.3) is 15.6 Å². The van der Waals surface area contributed by atoms with E-state index in [0.717, 1.165) is 5.56 Å². The van der Waals surface area contributed by atoms with E-state index in [9.17, 15) is 18.5 Å². The van der Waals surface area contributed by atoms with Crippen molar-refractivity contribution in [2.24, 2.45) is 0 Å². The molecule has 2 atom stereocenters. The molecule has 0 bridgehead atoms. The highest BCUT2D eigenvalue weighted by Crippen LogP contribution is 2.49. The first-order valence-corrected chi connectivity index (χ1v) is 15.6. The zero-order chi connectivity index (χ0) is 29.4. The fourth-order valence-electron chi connectivity index (χ4n) is 5.65. The summed E-state index contributed by atoms with van der Waals surface area (Å²) in [6, 6.07) is 23.8. The second-order valence-electron chi connectivity index (χ2n) is 10.2. The second-order valence-corrected chi connectivity index (χ2v) is 12.9. The van der Waals surface area contributed by atoms with Crippen LogP contribution in [0.5, 0.6) is 0 Å². The number of fused-ring (bicyclic) bond motifs is 1. The van der Waals surface area contributed by atoms with Crippen LogP contribution >= 0.6 is 23.2 Å². The van der Waals surface area contributed by atoms with Crippen LogP contribution < -0.4 is 9.86 Å². The van der Waals surface area contributed by atoms with Crippen LogP contribution in [0.25, 0.3) is 0 Å². The molecule has 3 aromatic carbocycles. The smallest absolute Gasteiger partial charge is 0.266 e. The Labute approximate surface area is 253 Å². The van der Waals surface area contributed by atoms with Crippen LogP contribution in [-0.2, 0) is 21.3 Å². The van der Waals surface area contributed by atoms with Gasteiger partial charge in [-0.05, 0) is 65.7 Å². The van der Waals surface area contributed by atoms with Crippen molar-refractivity contribution in [3.8, 4) is 6.07 Å². The molecule has 1 fully saturated rings. The number of nitriles is 1. The lowest BCUT2D eigenvalue weighted by molar-refractivity contribution is 0.0339. The minimum absolute atomic E-state index is 0.0475. The Morgan fingerprint density at radius 2 is 1.48 bits per heavy atom. The monoisotopic (exact) mass is 620 g/mol. The van der Waals surface area contributed by atoms with Gasteiger partial charge in [-0.1, -0.05) is 53.5 Å². The SMILES string of the molecule is N#Cc1cccc(S(=O)(=O)N2c3ccc(CN4CCOCC4)c(=O)n3C(c3ccc(Cl)cc3)C2c2ccc(Cl)cc2)c1. The number of rotatable bonds is 6. The van der Waals surface area contributed by atoms with Gasteiger partial charge in [-0.15, -0.1) is 0 Å². The van der Waals surface area contributed by atoms with Gasteiger partial charge in [0.15, 0.2) is 0 Å². The maximum Gasteiger partial charge on any atom is 0.266 e. The summed E-state index contributed by atoms with van der Waals surface area (Å²) in [6.07, 6.45) is 0. The molecule has 0 amide bonds. The zero-order valence-corrected chi connectivity index (χ0v) is 24.7. The molecule has 0 saturated carbocycles. The third-order valence-corrected chi connectivity index (χ3v) is 9.96. The van der Waals surface area contributed by atoms with Crippen molar-refractivity contribution in [2.75, 3.05) is 30.6 Å². The molecule has 1 saturated heterocycles. The topological polar surface area (TPSA) is 95.6 Å². The largest absolute Gasteiger partial charge is 0.379 e. The normalized spacial score (nSPS) is 18.9. The Hall–Kier alpha value is -3.65. The minimum atomic E-state index is -4.26. The van der Waals surface area contributed by atoms with Crippen molar-refractivity contribution < 1.29 is 13.2 Å². The summed E-state index contributed by atoms with van der Waals surface area (Å²) in [5, 5.41) is 10.5. The summed E-state index contributed by atoms with van der Waals surface area (Å²) in [5.41, 5.74) is 1.86. The van der Waals surface area contributed by atoms with Crippen LogP contribution in [0.15, 0.2) is 94.6 Å². The molecular formula is C31H26Cl2N4O4S. The molecule has 11 heteroatoms. The maximum atomic E-state index is 14.5. The number of pyridine rings is 1. The van der Waals surface area contributed by atoms with Crippen LogP contribution in [0.2, 0.25) is 10.0 Å². The van der Waals surface area contributed by atoms with E-state index in [2.05, 4.69) is 4.90 Å². The Bertz CT molecular complexity index is 1830. The molecule has 214 valence electrons. The summed E-state index contributed by atoms with van der Waals surface area (Å²) in [7, 11) is -4.26. The van der Waals surface area contributed by atoms with Crippen LogP contribution in [0.1, 0.15) is 34.3 Å². The number of hydrogen-bond acceptors (Lipinski definition) is 6. The van der Waals surface area contributed by atoms with Gasteiger partial charge < -0.3 is 4.74 Å². The van der Waals surface area contributed by atoms with E-state index in [1.54, 1.807) is 59.2 Å². The highest BCUT2D eigenvalue weighted by molar-refractivity contribution is 7.92. The van der Waals surface area contributed by atoms with E-state index >= 15 is 0 Å². The lowest BCUT2D eigenvalue weighted by atomic mass is 9.94. The quantitative estimate of drug-likeness (QED) is 0.286. The van der Waals surface area contributed by atoms with Gasteiger partial charge in [-0.25, -0.2) is 12.7 Å². The predicted molar refractivity (Wildman–Crippen MR) is 161 cm³/mol. The van der Waals surface area contributed by atoms with E-state index in [1.165, 1.54) is 22.5 Å². The van der Waals surface area contributed by atoms with Crippen molar-refractivity contribution in [3.05, 3.63) is 128 Å². The summed E-state index contributed by atoms with van der Waals surface area (Å²) in [4.78, 5) is 16.4. The number of halogens is 2. The third kappa shape index (κ3) is 5.21. The van der Waals surface area contributed by atoms with Gasteiger partial charge in [-0.3, -0.25) is 14.3 Å². The van der Waals surface area contributed by atoms with E-state index in [1.807, 2.05) is 18.2 Å². The molecular weight excluding hydrogens is 595 g/mol. The van der Waals surface area contributed by atoms with Crippen molar-refractivity contribution in [1.82, 2.24) is 9.47 Å². The Morgan fingerprint density at radius 1 is 0.857 bits per heavy atom. The van der Waals surface area contributed by atoms with Gasteiger partial charge in [-0.2, -0.15) is 5.26 Å². The van der Waals surface area contributed by atoms with Gasteiger partial charge >= 0.3 is 0 Å². The van der Waals surface area contributed by atoms with Gasteiger partial charge in [0.2, 0.25) is 0 Å². The summed E-state index contributed by atoms with van der Waals surface area (Å²) >= 11 is 12.5. The summed E-state index contributed by atoms with van der Waals surface area (Å²) in [6.45, 7) is 2.99. The average Bonchev–Trinajstić information content (AvgIpc) is 3.36. The molecule has 0 N–H and O–H groups in total. The molecule has 2 aliphatic rings. The number of hydrogen-bond donors (Lipinski definition) is 0. The predicted octanol–water partition coefficient (Wildman–Crippen LogP) is 5.40. The fourth-order valence-corrected chi connectivity index (χ4v) is 7.58. The van der Waals surface area contributed by atoms with Crippen molar-refractivity contribution in [2.45, 2.75) is 23.5 Å². The van der Waals surface area contributed by atoms with E-state index in [0.29, 0.717) is 54.0 Å². The highest BCUT2D eigenvalue weighted by atomic mass is 35.5. The van der Waals surface area contributed by atoms with E-state index < -0.39 is 22.1 Å². The summed E-state index contributed by atoms with van der Waals surface area (Å²) in [5.74, 6) is 0.230. The molecule has 4 aromatic rings. The molecule has 1 aromatic heterocycles. The summed E-state index contributed by atoms with van der Waals surface area (Å²) < 4.78 is 37.3. The first-order valence-electron chi connectivity index (χ1n) is 13.4. The van der Waals surface area contributed by atoms with E-state index in [-0.39, 0.29) is 21.8 Å². The lowest BCUT2D eigenvalue weighted by Crippen LogP contribution is -2.38. The number of morpholine rings is 1. The molecule has 2 unspecified atom stereocenters. The van der Waals surface area contributed by atoms with E-state index in [4.69, 9.17) is 27.9 Å². The maximum absolute atomic E-state index is 14.5. The van der Waals surface area contributed by atoms with Gasteiger partial charge in [0.05, 0.1) is 41.8 Å². The average molecular weight is 622 g/mol. The van der Waals surface area contributed by atoms with Crippen LogP contribution in [0.3, 0.4) is 0 Å². The number of ether oxygens (including phenoxy) is 1. The molecule has 42 heavy (non-hydrogen) atoms. The fraction of sp³-hybridized carbons (Fsp3) is 0.226. The molecule has 6 rings (SSSR count). The first kappa shape index (κ1) is 28.5. The van der Waals surface area contributed by atoms with Gasteiger partial charge in [0.1, 0.15) is 5.82 Å². The third-order valence-electron chi connectivity index (χ3n) is 7.67. The van der Waals surface area contributed by atoms with Crippen molar-refractivity contribution >= 4 is 39.0 Å². The molecule has 0 radical (unpaired) electrons.